The minimum absolute atomic E-state index is 0.390. The van der Waals surface area contributed by atoms with Crippen LogP contribution < -0.4 is 5.73 Å². The quantitative estimate of drug-likeness (QED) is 0.839. The van der Waals surface area contributed by atoms with Gasteiger partial charge in [-0.25, -0.2) is 4.79 Å². The van der Waals surface area contributed by atoms with E-state index >= 15 is 0 Å². The third-order valence-corrected chi connectivity index (χ3v) is 2.82. The number of carbonyl (C=O) groups excluding carboxylic acids is 1. The molecule has 0 aromatic carbocycles. The van der Waals surface area contributed by atoms with Crippen LogP contribution in [0.1, 0.15) is 17.4 Å². The van der Waals surface area contributed by atoms with Crippen molar-refractivity contribution < 1.29 is 9.53 Å². The number of nitrogen functional groups attached to an aromatic ring is 1. The van der Waals surface area contributed by atoms with Crippen molar-refractivity contribution in [2.24, 2.45) is 0 Å². The summed E-state index contributed by atoms with van der Waals surface area (Å²) < 4.78 is 6.48. The van der Waals surface area contributed by atoms with Crippen LogP contribution in [-0.2, 0) is 11.3 Å². The van der Waals surface area contributed by atoms with E-state index in [0.717, 1.165) is 11.1 Å². The zero-order valence-electron chi connectivity index (χ0n) is 10.4. The van der Waals surface area contributed by atoms with Crippen LogP contribution in [-0.4, -0.2) is 22.6 Å². The van der Waals surface area contributed by atoms with Crippen LogP contribution in [0, 0.1) is 0 Å². The molecule has 94 valence electrons. The summed E-state index contributed by atoms with van der Waals surface area (Å²) in [6.07, 6.45) is 3.41. The summed E-state index contributed by atoms with van der Waals surface area (Å²) in [6, 6.07) is 5.47. The third-order valence-electron chi connectivity index (χ3n) is 2.82. The Morgan fingerprint density at radius 1 is 1.56 bits per heavy atom. The fourth-order valence-electron chi connectivity index (χ4n) is 1.93. The van der Waals surface area contributed by atoms with Crippen LogP contribution in [0.2, 0.25) is 0 Å². The van der Waals surface area contributed by atoms with E-state index in [2.05, 4.69) is 4.98 Å². The van der Waals surface area contributed by atoms with E-state index in [1.165, 1.54) is 7.11 Å². The first-order valence-electron chi connectivity index (χ1n) is 5.66. The van der Waals surface area contributed by atoms with Crippen LogP contribution in [0.5, 0.6) is 0 Å². The molecule has 0 saturated heterocycles. The number of ether oxygens (including phenoxy) is 1. The van der Waals surface area contributed by atoms with Gasteiger partial charge >= 0.3 is 5.97 Å². The summed E-state index contributed by atoms with van der Waals surface area (Å²) in [4.78, 5) is 15.7. The van der Waals surface area contributed by atoms with Gasteiger partial charge in [0.2, 0.25) is 0 Å². The number of hydrogen-bond donors (Lipinski definition) is 1. The number of anilines is 1. The first kappa shape index (κ1) is 12.2. The summed E-state index contributed by atoms with van der Waals surface area (Å²) in [5, 5.41) is 0. The standard InChI is InChI=1S/C13H15N3O2/c1-3-16-11(13(17)18-2)7-10(12(16)14)9-5-4-6-15-8-9/h4-8H,3,14H2,1-2H3. The first-order chi connectivity index (χ1) is 8.69. The smallest absolute Gasteiger partial charge is 0.354 e. The van der Waals surface area contributed by atoms with Gasteiger partial charge in [0.1, 0.15) is 11.5 Å². The molecule has 0 fully saturated rings. The Hall–Kier alpha value is -2.30. The Labute approximate surface area is 105 Å². The lowest BCUT2D eigenvalue weighted by atomic mass is 10.1. The van der Waals surface area contributed by atoms with E-state index in [1.54, 1.807) is 23.0 Å². The highest BCUT2D eigenvalue weighted by molar-refractivity contribution is 5.92. The molecule has 2 N–H and O–H groups in total. The summed E-state index contributed by atoms with van der Waals surface area (Å²) in [6.45, 7) is 2.53. The van der Waals surface area contributed by atoms with Crippen LogP contribution in [0.3, 0.4) is 0 Å². The van der Waals surface area contributed by atoms with Crippen molar-refractivity contribution in [3.05, 3.63) is 36.3 Å². The van der Waals surface area contributed by atoms with Gasteiger partial charge in [-0.3, -0.25) is 4.98 Å². The van der Waals surface area contributed by atoms with Gasteiger partial charge < -0.3 is 15.0 Å². The normalized spacial score (nSPS) is 10.3. The zero-order chi connectivity index (χ0) is 13.1. The molecular weight excluding hydrogens is 230 g/mol. The molecule has 0 atom stereocenters. The van der Waals surface area contributed by atoms with Crippen molar-refractivity contribution in [1.82, 2.24) is 9.55 Å². The number of hydrogen-bond acceptors (Lipinski definition) is 4. The Balaban J connectivity index is 2.57. The van der Waals surface area contributed by atoms with Crippen LogP contribution in [0.25, 0.3) is 11.1 Å². The average molecular weight is 245 g/mol. The molecule has 2 rings (SSSR count). The van der Waals surface area contributed by atoms with Gasteiger partial charge in [0.05, 0.1) is 7.11 Å². The molecule has 0 radical (unpaired) electrons. The maximum atomic E-state index is 11.7. The number of pyridine rings is 1. The summed E-state index contributed by atoms with van der Waals surface area (Å²) in [5.74, 6) is 0.157. The van der Waals surface area contributed by atoms with Crippen molar-refractivity contribution in [3.63, 3.8) is 0 Å². The van der Waals surface area contributed by atoms with Crippen molar-refractivity contribution in [3.8, 4) is 11.1 Å². The van der Waals surface area contributed by atoms with Gasteiger partial charge in [0.15, 0.2) is 0 Å². The molecule has 0 spiro atoms. The van der Waals surface area contributed by atoms with Crippen LogP contribution >= 0.6 is 0 Å². The Morgan fingerprint density at radius 3 is 2.89 bits per heavy atom. The number of esters is 1. The lowest BCUT2D eigenvalue weighted by Gasteiger charge is -2.06. The molecular formula is C13H15N3O2. The molecule has 5 nitrogen and oxygen atoms in total. The highest BCUT2D eigenvalue weighted by Gasteiger charge is 2.18. The second-order valence-corrected chi connectivity index (χ2v) is 3.81. The van der Waals surface area contributed by atoms with Crippen LogP contribution in [0.4, 0.5) is 5.82 Å². The van der Waals surface area contributed by atoms with E-state index in [4.69, 9.17) is 10.5 Å². The molecule has 0 aliphatic carbocycles. The number of nitrogens with two attached hydrogens (primary N) is 1. The van der Waals surface area contributed by atoms with Gasteiger partial charge in [0.25, 0.3) is 0 Å². The van der Waals surface area contributed by atoms with Crippen molar-refractivity contribution in [1.29, 1.82) is 0 Å². The monoisotopic (exact) mass is 245 g/mol. The van der Waals surface area contributed by atoms with Gasteiger partial charge in [-0.2, -0.15) is 0 Å². The molecule has 5 heteroatoms. The lowest BCUT2D eigenvalue weighted by Crippen LogP contribution is -2.11. The maximum Gasteiger partial charge on any atom is 0.354 e. The minimum Gasteiger partial charge on any atom is -0.464 e. The molecule has 0 saturated carbocycles. The second kappa shape index (κ2) is 4.91. The number of aromatic nitrogens is 2. The molecule has 0 aliphatic rings. The van der Waals surface area contributed by atoms with E-state index in [1.807, 2.05) is 19.1 Å². The topological polar surface area (TPSA) is 70.1 Å². The van der Waals surface area contributed by atoms with Crippen LogP contribution in [0.15, 0.2) is 30.6 Å². The molecule has 0 unspecified atom stereocenters. The number of carbonyl (C=O) groups is 1. The zero-order valence-corrected chi connectivity index (χ0v) is 10.4. The lowest BCUT2D eigenvalue weighted by molar-refractivity contribution is 0.0589. The van der Waals surface area contributed by atoms with E-state index in [0.29, 0.717) is 18.1 Å². The fourth-order valence-corrected chi connectivity index (χ4v) is 1.93. The second-order valence-electron chi connectivity index (χ2n) is 3.81. The van der Waals surface area contributed by atoms with Crippen molar-refractivity contribution in [2.75, 3.05) is 12.8 Å². The molecule has 0 aliphatic heterocycles. The van der Waals surface area contributed by atoms with Crippen molar-refractivity contribution >= 4 is 11.8 Å². The summed E-state index contributed by atoms with van der Waals surface area (Å²) in [7, 11) is 1.36. The SMILES string of the molecule is CCn1c(C(=O)OC)cc(-c2cccnc2)c1N. The van der Waals surface area contributed by atoms with E-state index < -0.39 is 5.97 Å². The van der Waals surface area contributed by atoms with Gasteiger partial charge in [-0.05, 0) is 19.1 Å². The largest absolute Gasteiger partial charge is 0.464 e. The summed E-state index contributed by atoms with van der Waals surface area (Å²) >= 11 is 0. The fraction of sp³-hybridized carbons (Fsp3) is 0.231. The number of rotatable bonds is 3. The molecule has 0 amide bonds. The Kier molecular flexibility index (Phi) is 3.32. The molecule has 2 aromatic heterocycles. The number of methoxy groups -OCH3 is 1. The summed E-state index contributed by atoms with van der Waals surface area (Å²) in [5.41, 5.74) is 8.20. The predicted molar refractivity (Wildman–Crippen MR) is 69.1 cm³/mol. The average Bonchev–Trinajstić information content (AvgIpc) is 2.75. The third kappa shape index (κ3) is 1.95. The van der Waals surface area contributed by atoms with E-state index in [-0.39, 0.29) is 0 Å². The highest BCUT2D eigenvalue weighted by Crippen LogP contribution is 2.29. The molecule has 0 bridgehead atoms. The predicted octanol–water partition coefficient (Wildman–Crippen LogP) is 1.94. The number of nitrogens with zero attached hydrogens (tertiary/aromatic N) is 2. The highest BCUT2D eigenvalue weighted by atomic mass is 16.5. The van der Waals surface area contributed by atoms with Gasteiger partial charge in [-0.1, -0.05) is 6.07 Å². The van der Waals surface area contributed by atoms with Gasteiger partial charge in [0, 0.05) is 30.1 Å². The molecule has 18 heavy (non-hydrogen) atoms. The Bertz CT molecular complexity index is 561. The minimum atomic E-state index is -0.390. The maximum absolute atomic E-state index is 11.7. The van der Waals surface area contributed by atoms with Crippen molar-refractivity contribution in [2.45, 2.75) is 13.5 Å². The molecule has 2 heterocycles. The van der Waals surface area contributed by atoms with Gasteiger partial charge in [-0.15, -0.1) is 0 Å². The molecule has 2 aromatic rings. The first-order valence-corrected chi connectivity index (χ1v) is 5.66. The Morgan fingerprint density at radius 2 is 2.33 bits per heavy atom. The van der Waals surface area contributed by atoms with E-state index in [9.17, 15) is 4.79 Å².